The number of hydrogen-bond acceptors (Lipinski definition) is 3. The lowest BCUT2D eigenvalue weighted by molar-refractivity contribution is 0.0929. The van der Waals surface area contributed by atoms with Crippen molar-refractivity contribution in [3.63, 3.8) is 0 Å². The summed E-state index contributed by atoms with van der Waals surface area (Å²) in [6.45, 7) is 13.9. The lowest BCUT2D eigenvalue weighted by Crippen LogP contribution is -2.36. The van der Waals surface area contributed by atoms with Gasteiger partial charge in [-0.2, -0.15) is 8.42 Å². The summed E-state index contributed by atoms with van der Waals surface area (Å²) in [6.07, 6.45) is 16.1. The monoisotopic (exact) mass is 464 g/mol. The van der Waals surface area contributed by atoms with Crippen LogP contribution in [0.2, 0.25) is 0 Å². The van der Waals surface area contributed by atoms with Gasteiger partial charge in [0.25, 0.3) is 0 Å². The highest BCUT2D eigenvalue weighted by atomic mass is 32.3. The van der Waals surface area contributed by atoms with Crippen LogP contribution in [0.3, 0.4) is 0 Å². The van der Waals surface area contributed by atoms with Gasteiger partial charge in [-0.3, -0.25) is 4.55 Å². The summed E-state index contributed by atoms with van der Waals surface area (Å²) in [5.74, 6) is 3.06. The molecule has 32 heavy (non-hydrogen) atoms. The van der Waals surface area contributed by atoms with E-state index in [0.29, 0.717) is 30.6 Å². The third kappa shape index (κ3) is 6.36. The van der Waals surface area contributed by atoms with E-state index in [4.69, 9.17) is 8.74 Å². The van der Waals surface area contributed by atoms with Gasteiger partial charge in [0.05, 0.1) is 6.10 Å². The molecular weight excluding hydrogens is 420 g/mol. The molecule has 0 bridgehead atoms. The molecule has 0 saturated heterocycles. The van der Waals surface area contributed by atoms with Crippen molar-refractivity contribution in [2.45, 2.75) is 104 Å². The highest BCUT2D eigenvalue weighted by Gasteiger charge is 2.50. The van der Waals surface area contributed by atoms with Crippen LogP contribution in [0.5, 0.6) is 0 Å². The highest BCUT2D eigenvalue weighted by molar-refractivity contribution is 7.80. The second kappa shape index (κ2) is 10.6. The summed E-state index contributed by atoms with van der Waals surface area (Å²) in [6, 6.07) is 0. The Labute approximate surface area is 196 Å². The minimum atomic E-state index is -4.42. The zero-order valence-electron chi connectivity index (χ0n) is 20.6. The number of hydrogen-bond donors (Lipinski definition) is 1. The first-order valence-electron chi connectivity index (χ1n) is 12.7. The quantitative estimate of drug-likeness (QED) is 0.379. The lowest BCUT2D eigenvalue weighted by Gasteiger charge is -2.44. The molecule has 3 fully saturated rings. The number of rotatable bonds is 8. The van der Waals surface area contributed by atoms with Crippen molar-refractivity contribution in [2.24, 2.45) is 29.1 Å². The molecule has 3 rings (SSSR count). The third-order valence-corrected chi connectivity index (χ3v) is 9.11. The third-order valence-electron chi connectivity index (χ3n) is 8.59. The molecule has 182 valence electrons. The number of allylic oxidation sites excluding steroid dienone is 4. The summed E-state index contributed by atoms with van der Waals surface area (Å²) in [4.78, 5) is 0. The van der Waals surface area contributed by atoms with Crippen molar-refractivity contribution in [2.75, 3.05) is 0 Å². The smallest absolute Gasteiger partial charge is 0.264 e. The maximum Gasteiger partial charge on any atom is 0.397 e. The van der Waals surface area contributed by atoms with Crippen LogP contribution in [0, 0.1) is 29.1 Å². The normalized spacial score (nSPS) is 34.9. The largest absolute Gasteiger partial charge is 0.397 e. The Bertz CT molecular complexity index is 838. The SMILES string of the molecule is C=C1CC[C@H](OS(=O)(=O)O)C/C1=C/C=C1/CCC[C@]2(C)[C@@H]([C@H](C)CCCC(C)C)CC[C@@H]12. The Kier molecular flexibility index (Phi) is 8.49. The van der Waals surface area contributed by atoms with Crippen LogP contribution >= 0.6 is 0 Å². The number of fused-ring (bicyclic) bond motifs is 1. The van der Waals surface area contributed by atoms with Gasteiger partial charge in [-0.05, 0) is 79.6 Å². The minimum absolute atomic E-state index is 0.403. The molecule has 0 amide bonds. The van der Waals surface area contributed by atoms with Crippen molar-refractivity contribution >= 4 is 10.4 Å². The van der Waals surface area contributed by atoms with E-state index in [-0.39, 0.29) is 0 Å². The predicted molar refractivity (Wildman–Crippen MR) is 132 cm³/mol. The maximum atomic E-state index is 11.1. The Morgan fingerprint density at radius 3 is 2.59 bits per heavy atom. The van der Waals surface area contributed by atoms with Crippen molar-refractivity contribution in [3.05, 3.63) is 35.5 Å². The average molecular weight is 465 g/mol. The molecule has 3 saturated carbocycles. The van der Waals surface area contributed by atoms with Crippen LogP contribution in [0.4, 0.5) is 0 Å². The Balaban J connectivity index is 1.70. The fraction of sp³-hybridized carbons (Fsp3) is 0.778. The minimum Gasteiger partial charge on any atom is -0.264 e. The first-order valence-corrected chi connectivity index (χ1v) is 14.1. The van der Waals surface area contributed by atoms with Crippen molar-refractivity contribution in [3.8, 4) is 0 Å². The van der Waals surface area contributed by atoms with Crippen molar-refractivity contribution in [1.29, 1.82) is 0 Å². The van der Waals surface area contributed by atoms with Crippen molar-refractivity contribution in [1.82, 2.24) is 0 Å². The zero-order chi connectivity index (χ0) is 23.5. The van der Waals surface area contributed by atoms with Gasteiger partial charge in [-0.25, -0.2) is 4.18 Å². The van der Waals surface area contributed by atoms with Gasteiger partial charge in [0.15, 0.2) is 0 Å². The predicted octanol–water partition coefficient (Wildman–Crippen LogP) is 7.45. The zero-order valence-corrected chi connectivity index (χ0v) is 21.4. The molecule has 0 aliphatic heterocycles. The molecule has 5 atom stereocenters. The van der Waals surface area contributed by atoms with Gasteiger partial charge in [-0.1, -0.05) is 76.8 Å². The van der Waals surface area contributed by atoms with Crippen LogP contribution in [0.15, 0.2) is 35.5 Å². The van der Waals surface area contributed by atoms with Gasteiger partial charge >= 0.3 is 10.4 Å². The molecule has 0 unspecified atom stereocenters. The van der Waals surface area contributed by atoms with Gasteiger partial charge in [0, 0.05) is 6.42 Å². The van der Waals surface area contributed by atoms with Crippen molar-refractivity contribution < 1.29 is 17.2 Å². The van der Waals surface area contributed by atoms with Crippen LogP contribution in [0.1, 0.15) is 98.3 Å². The van der Waals surface area contributed by atoms with E-state index in [1.54, 1.807) is 5.57 Å². The van der Waals surface area contributed by atoms with E-state index in [1.165, 1.54) is 44.9 Å². The maximum absolute atomic E-state index is 11.1. The molecule has 0 aromatic rings. The second-order valence-corrected chi connectivity index (χ2v) is 12.4. The summed E-state index contributed by atoms with van der Waals surface area (Å²) >= 11 is 0. The van der Waals surface area contributed by atoms with Gasteiger partial charge < -0.3 is 0 Å². The molecule has 0 spiro atoms. The fourth-order valence-electron chi connectivity index (χ4n) is 6.90. The fourth-order valence-corrected chi connectivity index (χ4v) is 7.41. The summed E-state index contributed by atoms with van der Waals surface area (Å²) in [5, 5.41) is 0. The van der Waals surface area contributed by atoms with E-state index in [9.17, 15) is 8.42 Å². The lowest BCUT2D eigenvalue weighted by atomic mass is 9.60. The molecule has 3 aliphatic carbocycles. The van der Waals surface area contributed by atoms with Crippen LogP contribution in [-0.2, 0) is 14.6 Å². The molecule has 5 heteroatoms. The van der Waals surface area contributed by atoms with Crippen LogP contribution < -0.4 is 0 Å². The van der Waals surface area contributed by atoms with Gasteiger partial charge in [0.2, 0.25) is 0 Å². The Morgan fingerprint density at radius 1 is 1.16 bits per heavy atom. The second-order valence-electron chi connectivity index (χ2n) is 11.3. The Morgan fingerprint density at radius 2 is 1.91 bits per heavy atom. The summed E-state index contributed by atoms with van der Waals surface area (Å²) in [7, 11) is -4.42. The Hall–Kier alpha value is -0.910. The molecule has 3 aliphatic rings. The standard InChI is InChI=1S/C27H44O4S/c1-19(2)8-6-9-21(4)25-15-16-26-22(10-7-17-27(25,26)5)12-13-23-18-24(14-11-20(23)3)31-32(28,29)30/h12-13,19,21,24-26H,3,6-11,14-18H2,1-2,4-5H3,(H,28,29,30)/b22-12-,23-13-/t21-,24+,25-,26+,27-/m1/s1. The molecular formula is C27H44O4S. The molecule has 1 N–H and O–H groups in total. The van der Waals surface area contributed by atoms with Gasteiger partial charge in [0.1, 0.15) is 0 Å². The van der Waals surface area contributed by atoms with E-state index < -0.39 is 16.5 Å². The summed E-state index contributed by atoms with van der Waals surface area (Å²) in [5.41, 5.74) is 4.08. The first kappa shape index (κ1) is 25.7. The first-order chi connectivity index (χ1) is 15.0. The van der Waals surface area contributed by atoms with Crippen LogP contribution in [0.25, 0.3) is 0 Å². The van der Waals surface area contributed by atoms with E-state index in [2.05, 4.69) is 46.4 Å². The average Bonchev–Trinajstić information content (AvgIpc) is 3.04. The van der Waals surface area contributed by atoms with E-state index in [0.717, 1.165) is 35.3 Å². The topological polar surface area (TPSA) is 63.6 Å². The summed E-state index contributed by atoms with van der Waals surface area (Å²) < 4.78 is 36.1. The molecule has 0 aromatic carbocycles. The van der Waals surface area contributed by atoms with Crippen LogP contribution in [-0.4, -0.2) is 19.1 Å². The molecule has 0 heterocycles. The van der Waals surface area contributed by atoms with E-state index >= 15 is 0 Å². The van der Waals surface area contributed by atoms with E-state index in [1.807, 2.05) is 0 Å². The highest BCUT2D eigenvalue weighted by Crippen LogP contribution is 2.60. The molecule has 0 radical (unpaired) electrons. The molecule has 4 nitrogen and oxygen atoms in total. The van der Waals surface area contributed by atoms with Gasteiger partial charge in [-0.15, -0.1) is 0 Å². The molecule has 0 aromatic heterocycles.